The van der Waals surface area contributed by atoms with Crippen LogP contribution in [0.5, 0.6) is 0 Å². The second-order valence-corrected chi connectivity index (χ2v) is 9.61. The second kappa shape index (κ2) is 10.6. The van der Waals surface area contributed by atoms with E-state index >= 15 is 0 Å². The number of piperazine rings is 1. The maximum absolute atomic E-state index is 13.0. The molecule has 192 valence electrons. The number of rotatable bonds is 7. The second-order valence-electron chi connectivity index (χ2n) is 9.61. The quantitative estimate of drug-likeness (QED) is 0.380. The molecule has 2 aromatic carbocycles. The maximum Gasteiger partial charge on any atom is 0.328 e. The van der Waals surface area contributed by atoms with Gasteiger partial charge in [0.05, 0.1) is 19.2 Å². The molecule has 0 aliphatic carbocycles. The lowest BCUT2D eigenvalue weighted by Gasteiger charge is -2.34. The van der Waals surface area contributed by atoms with E-state index < -0.39 is 6.04 Å². The van der Waals surface area contributed by atoms with Gasteiger partial charge in [-0.1, -0.05) is 44.2 Å². The number of nitrogens with one attached hydrogen (secondary N) is 1. The number of benzene rings is 2. The van der Waals surface area contributed by atoms with Crippen LogP contribution >= 0.6 is 0 Å². The predicted octanol–water partition coefficient (Wildman–Crippen LogP) is 3.94. The lowest BCUT2D eigenvalue weighted by Crippen LogP contribution is -2.48. The van der Waals surface area contributed by atoms with Crippen molar-refractivity contribution < 1.29 is 18.7 Å². The molecule has 2 aromatic heterocycles. The van der Waals surface area contributed by atoms with Crippen LogP contribution in [0.15, 0.2) is 59.0 Å². The smallest absolute Gasteiger partial charge is 0.328 e. The van der Waals surface area contributed by atoms with Crippen LogP contribution in [-0.4, -0.2) is 71.0 Å². The highest BCUT2D eigenvalue weighted by Gasteiger charge is 2.27. The number of hydrogen-bond donors (Lipinski definition) is 1. The van der Waals surface area contributed by atoms with Crippen LogP contribution in [0.25, 0.3) is 21.9 Å². The third-order valence-corrected chi connectivity index (χ3v) is 6.72. The number of nitrogens with zero attached hydrogens (tertiary/aromatic N) is 4. The van der Waals surface area contributed by atoms with Crippen LogP contribution in [0.2, 0.25) is 0 Å². The van der Waals surface area contributed by atoms with Gasteiger partial charge in [0.2, 0.25) is 0 Å². The van der Waals surface area contributed by atoms with E-state index in [1.807, 2.05) is 67.3 Å². The number of fused-ring (bicyclic) bond motifs is 2. The molecule has 0 spiro atoms. The topological polar surface area (TPSA) is 101 Å². The highest BCUT2D eigenvalue weighted by atomic mass is 16.5. The molecule has 4 aromatic rings. The highest BCUT2D eigenvalue weighted by Crippen LogP contribution is 2.24. The van der Waals surface area contributed by atoms with Gasteiger partial charge in [-0.3, -0.25) is 9.69 Å². The Labute approximate surface area is 215 Å². The first-order valence-electron chi connectivity index (χ1n) is 12.5. The van der Waals surface area contributed by atoms with Gasteiger partial charge in [-0.05, 0) is 30.2 Å². The van der Waals surface area contributed by atoms with E-state index in [1.54, 1.807) is 6.07 Å². The van der Waals surface area contributed by atoms with E-state index in [0.29, 0.717) is 55.7 Å². The zero-order valence-electron chi connectivity index (χ0n) is 21.3. The number of methoxy groups -OCH3 is 1. The summed E-state index contributed by atoms with van der Waals surface area (Å²) < 4.78 is 10.8. The van der Waals surface area contributed by atoms with E-state index in [4.69, 9.17) is 19.1 Å². The number of carbonyl (C=O) groups is 2. The van der Waals surface area contributed by atoms with Gasteiger partial charge in [-0.15, -0.1) is 0 Å². The predicted molar refractivity (Wildman–Crippen MR) is 141 cm³/mol. The lowest BCUT2D eigenvalue weighted by molar-refractivity contribution is -0.142. The highest BCUT2D eigenvalue weighted by molar-refractivity contribution is 5.96. The first kappa shape index (κ1) is 24.7. The third-order valence-electron chi connectivity index (χ3n) is 6.72. The van der Waals surface area contributed by atoms with Gasteiger partial charge >= 0.3 is 5.97 Å². The fraction of sp³-hybridized carbons (Fsp3) is 0.357. The van der Waals surface area contributed by atoms with E-state index in [9.17, 15) is 9.59 Å². The summed E-state index contributed by atoms with van der Waals surface area (Å²) in [4.78, 5) is 39.0. The van der Waals surface area contributed by atoms with E-state index in [1.165, 1.54) is 7.11 Å². The van der Waals surface area contributed by atoms with Gasteiger partial charge in [0.25, 0.3) is 5.91 Å². The zero-order chi connectivity index (χ0) is 25.9. The number of anilines is 1. The molecule has 9 heteroatoms. The Kier molecular flexibility index (Phi) is 7.05. The molecule has 37 heavy (non-hydrogen) atoms. The standard InChI is InChI=1S/C28H31N5O4/c1-18(2)25(28(35)36-3)31-26-20-9-5-6-10-21(20)29-24(30-26)17-32-12-14-33(15-13-32)27(34)23-16-19-8-4-7-11-22(19)37-23/h4-11,16,18,25H,12-15,17H2,1-3H3,(H,29,30,31)/t25-/m0/s1. The van der Waals surface area contributed by atoms with Gasteiger partial charge in [-0.25, -0.2) is 14.8 Å². The van der Waals surface area contributed by atoms with Crippen molar-refractivity contribution in [3.05, 3.63) is 66.2 Å². The molecule has 9 nitrogen and oxygen atoms in total. The monoisotopic (exact) mass is 501 g/mol. The summed E-state index contributed by atoms with van der Waals surface area (Å²) in [6.45, 7) is 7.04. The van der Waals surface area contributed by atoms with Gasteiger partial charge < -0.3 is 19.4 Å². The number of aromatic nitrogens is 2. The minimum Gasteiger partial charge on any atom is -0.467 e. The normalized spacial score (nSPS) is 15.3. The van der Waals surface area contributed by atoms with Crippen LogP contribution in [-0.2, 0) is 16.1 Å². The molecule has 1 N–H and O–H groups in total. The Morgan fingerprint density at radius 1 is 1.03 bits per heavy atom. The fourth-order valence-corrected chi connectivity index (χ4v) is 4.63. The fourth-order valence-electron chi connectivity index (χ4n) is 4.63. The Bertz CT molecular complexity index is 1390. The van der Waals surface area contributed by atoms with Crippen molar-refractivity contribution in [2.24, 2.45) is 5.92 Å². The zero-order valence-corrected chi connectivity index (χ0v) is 21.3. The molecule has 1 aliphatic rings. The van der Waals surface area contributed by atoms with Gasteiger partial charge in [-0.2, -0.15) is 0 Å². The van der Waals surface area contributed by atoms with Gasteiger partial charge in [0.1, 0.15) is 23.3 Å². The number of para-hydroxylation sites is 2. The van der Waals surface area contributed by atoms with Crippen molar-refractivity contribution in [3.63, 3.8) is 0 Å². The third kappa shape index (κ3) is 5.27. The van der Waals surface area contributed by atoms with Crippen molar-refractivity contribution in [2.45, 2.75) is 26.4 Å². The van der Waals surface area contributed by atoms with Crippen molar-refractivity contribution in [1.29, 1.82) is 0 Å². The number of ether oxygens (including phenoxy) is 1. The largest absolute Gasteiger partial charge is 0.467 e. The van der Waals surface area contributed by atoms with Gasteiger partial charge in [0, 0.05) is 37.0 Å². The summed E-state index contributed by atoms with van der Waals surface area (Å²) >= 11 is 0. The van der Waals surface area contributed by atoms with E-state index in [0.717, 1.165) is 16.3 Å². The summed E-state index contributed by atoms with van der Waals surface area (Å²) in [6, 6.07) is 16.7. The molecule has 1 saturated heterocycles. The van der Waals surface area contributed by atoms with Crippen molar-refractivity contribution in [3.8, 4) is 0 Å². The first-order chi connectivity index (χ1) is 17.9. The Hall–Kier alpha value is -3.98. The van der Waals surface area contributed by atoms with Crippen LogP contribution in [0.3, 0.4) is 0 Å². The molecule has 0 saturated carbocycles. The summed E-state index contributed by atoms with van der Waals surface area (Å²) in [5.41, 5.74) is 1.52. The molecule has 1 atom stereocenters. The van der Waals surface area contributed by atoms with Crippen molar-refractivity contribution in [2.75, 3.05) is 38.6 Å². The molecule has 1 aliphatic heterocycles. The first-order valence-corrected chi connectivity index (χ1v) is 12.5. The van der Waals surface area contributed by atoms with Crippen molar-refractivity contribution >= 4 is 39.6 Å². The van der Waals surface area contributed by atoms with E-state index in [-0.39, 0.29) is 17.8 Å². The maximum atomic E-state index is 13.0. The molecule has 0 radical (unpaired) electrons. The lowest BCUT2D eigenvalue weighted by atomic mass is 10.0. The minimum absolute atomic E-state index is 0.0157. The number of hydrogen-bond acceptors (Lipinski definition) is 8. The Balaban J connectivity index is 1.29. The molecule has 3 heterocycles. The summed E-state index contributed by atoms with van der Waals surface area (Å²) in [5.74, 6) is 1.24. The van der Waals surface area contributed by atoms with Crippen LogP contribution in [0.1, 0.15) is 30.2 Å². The number of carbonyl (C=O) groups excluding carboxylic acids is 2. The molecular formula is C28H31N5O4. The number of furan rings is 1. The van der Waals surface area contributed by atoms with Crippen LogP contribution in [0, 0.1) is 5.92 Å². The van der Waals surface area contributed by atoms with Crippen molar-refractivity contribution in [1.82, 2.24) is 19.8 Å². The van der Waals surface area contributed by atoms with E-state index in [2.05, 4.69) is 10.2 Å². The van der Waals surface area contributed by atoms with Crippen LogP contribution < -0.4 is 5.32 Å². The summed E-state index contributed by atoms with van der Waals surface area (Å²) in [6.07, 6.45) is 0. The SMILES string of the molecule is COC(=O)[C@@H](Nc1nc(CN2CCN(C(=O)c3cc4ccccc4o3)CC2)nc2ccccc12)C(C)C. The van der Waals surface area contributed by atoms with Crippen LogP contribution in [0.4, 0.5) is 5.82 Å². The minimum atomic E-state index is -0.524. The molecular weight excluding hydrogens is 470 g/mol. The molecule has 1 amide bonds. The molecule has 5 rings (SSSR count). The molecule has 0 unspecified atom stereocenters. The average molecular weight is 502 g/mol. The summed E-state index contributed by atoms with van der Waals surface area (Å²) in [7, 11) is 1.39. The van der Waals surface area contributed by atoms with Gasteiger partial charge in [0.15, 0.2) is 5.76 Å². The molecule has 1 fully saturated rings. The molecule has 0 bridgehead atoms. The average Bonchev–Trinajstić information content (AvgIpc) is 3.35. The Morgan fingerprint density at radius 3 is 2.49 bits per heavy atom. The number of esters is 1. The summed E-state index contributed by atoms with van der Waals surface area (Å²) in [5, 5.41) is 5.07. The Morgan fingerprint density at radius 2 is 1.76 bits per heavy atom. The number of amides is 1.